The van der Waals surface area contributed by atoms with Crippen molar-refractivity contribution < 1.29 is 4.79 Å². The van der Waals surface area contributed by atoms with Crippen molar-refractivity contribution in [2.24, 2.45) is 0 Å². The monoisotopic (exact) mass is 508 g/mol. The minimum Gasteiger partial charge on any atom is -0.360 e. The van der Waals surface area contributed by atoms with Gasteiger partial charge in [0.1, 0.15) is 6.17 Å². The normalized spacial score (nSPS) is 16.1. The molecule has 1 N–H and O–H groups in total. The first kappa shape index (κ1) is 18.6. The molecular weight excluding hydrogens is 494 g/mol. The zero-order chi connectivity index (χ0) is 19.1. The standard InChI is InChI=1S/C21H15Cl2IN2O/c1-12-3-2-4-15(9-12)26-20(16-7-5-13(22)10-18(16)23)25-19-8-6-14(24)11-17(19)21(26)27/h2-11,20,25H,1H3/t20-/m0/s1. The second-order valence-corrected chi connectivity index (χ2v) is 8.51. The van der Waals surface area contributed by atoms with Crippen molar-refractivity contribution in [2.75, 3.05) is 10.2 Å². The summed E-state index contributed by atoms with van der Waals surface area (Å²) in [5.74, 6) is -0.0658. The number of aryl methyl sites for hydroxylation is 1. The van der Waals surface area contributed by atoms with Gasteiger partial charge in [0.25, 0.3) is 5.91 Å². The molecule has 1 heterocycles. The molecule has 0 saturated heterocycles. The van der Waals surface area contributed by atoms with Crippen LogP contribution < -0.4 is 10.2 Å². The van der Waals surface area contributed by atoms with Gasteiger partial charge in [0.05, 0.1) is 5.56 Å². The van der Waals surface area contributed by atoms with E-state index in [0.29, 0.717) is 15.6 Å². The van der Waals surface area contributed by atoms with Gasteiger partial charge in [-0.25, -0.2) is 0 Å². The van der Waals surface area contributed by atoms with Crippen molar-refractivity contribution in [2.45, 2.75) is 13.1 Å². The molecule has 1 amide bonds. The highest BCUT2D eigenvalue weighted by Gasteiger charge is 2.35. The largest absolute Gasteiger partial charge is 0.360 e. The van der Waals surface area contributed by atoms with E-state index < -0.39 is 6.17 Å². The summed E-state index contributed by atoms with van der Waals surface area (Å²) < 4.78 is 1.01. The van der Waals surface area contributed by atoms with E-state index in [-0.39, 0.29) is 5.91 Å². The minimum absolute atomic E-state index is 0.0658. The number of nitrogens with one attached hydrogen (secondary N) is 1. The number of nitrogens with zero attached hydrogens (tertiary/aromatic N) is 1. The van der Waals surface area contributed by atoms with Crippen LogP contribution >= 0.6 is 45.8 Å². The van der Waals surface area contributed by atoms with Crippen LogP contribution in [-0.2, 0) is 0 Å². The second-order valence-electron chi connectivity index (χ2n) is 6.42. The molecule has 0 radical (unpaired) electrons. The molecule has 1 atom stereocenters. The van der Waals surface area contributed by atoms with E-state index in [2.05, 4.69) is 27.9 Å². The summed E-state index contributed by atoms with van der Waals surface area (Å²) in [6.07, 6.45) is -0.434. The van der Waals surface area contributed by atoms with E-state index in [1.54, 1.807) is 17.0 Å². The third-order valence-electron chi connectivity index (χ3n) is 4.52. The molecule has 3 aromatic rings. The first-order valence-corrected chi connectivity index (χ1v) is 10.2. The van der Waals surface area contributed by atoms with Crippen LogP contribution in [0.4, 0.5) is 11.4 Å². The fraction of sp³-hybridized carbons (Fsp3) is 0.0952. The Morgan fingerprint density at radius 1 is 1.04 bits per heavy atom. The lowest BCUT2D eigenvalue weighted by atomic mass is 10.0. The topological polar surface area (TPSA) is 32.3 Å². The highest BCUT2D eigenvalue weighted by Crippen LogP contribution is 2.40. The first-order chi connectivity index (χ1) is 12.9. The van der Waals surface area contributed by atoms with Crippen molar-refractivity contribution in [3.8, 4) is 0 Å². The lowest BCUT2D eigenvalue weighted by molar-refractivity contribution is 0.0975. The summed E-state index contributed by atoms with van der Waals surface area (Å²) in [5, 5.41) is 4.55. The fourth-order valence-electron chi connectivity index (χ4n) is 3.26. The van der Waals surface area contributed by atoms with Crippen molar-refractivity contribution in [3.63, 3.8) is 0 Å². The highest BCUT2D eigenvalue weighted by molar-refractivity contribution is 14.1. The number of benzene rings is 3. The first-order valence-electron chi connectivity index (χ1n) is 8.35. The molecule has 6 heteroatoms. The number of rotatable bonds is 2. The molecule has 3 nitrogen and oxygen atoms in total. The summed E-state index contributed by atoms with van der Waals surface area (Å²) in [5.41, 5.74) is 4.12. The maximum absolute atomic E-state index is 13.5. The average Bonchev–Trinajstić information content (AvgIpc) is 2.62. The van der Waals surface area contributed by atoms with Gasteiger partial charge in [0, 0.05) is 30.6 Å². The van der Waals surface area contributed by atoms with Crippen LogP contribution in [-0.4, -0.2) is 5.91 Å². The summed E-state index contributed by atoms with van der Waals surface area (Å²) in [4.78, 5) is 15.2. The Hall–Kier alpha value is -1.76. The van der Waals surface area contributed by atoms with Crippen molar-refractivity contribution >= 4 is 63.1 Å². The summed E-state index contributed by atoms with van der Waals surface area (Å²) in [6, 6.07) is 19.0. The number of anilines is 2. The lowest BCUT2D eigenvalue weighted by Gasteiger charge is -2.38. The van der Waals surface area contributed by atoms with Crippen molar-refractivity contribution in [3.05, 3.63) is 91.0 Å². The molecular formula is C21H15Cl2IN2O. The molecule has 3 aromatic carbocycles. The van der Waals surface area contributed by atoms with Crippen LogP contribution in [0.2, 0.25) is 10.0 Å². The molecule has 0 bridgehead atoms. The molecule has 136 valence electrons. The van der Waals surface area contributed by atoms with E-state index in [4.69, 9.17) is 23.2 Å². The van der Waals surface area contributed by atoms with Crippen LogP contribution in [0.3, 0.4) is 0 Å². The van der Waals surface area contributed by atoms with Gasteiger partial charge in [-0.05, 0) is 77.5 Å². The van der Waals surface area contributed by atoms with E-state index in [1.165, 1.54) is 0 Å². The molecule has 0 spiro atoms. The predicted octanol–water partition coefficient (Wildman–Crippen LogP) is 6.68. The van der Waals surface area contributed by atoms with Crippen LogP contribution in [0.15, 0.2) is 60.7 Å². The van der Waals surface area contributed by atoms with Gasteiger partial charge in [-0.2, -0.15) is 0 Å². The summed E-state index contributed by atoms with van der Waals surface area (Å²) >= 11 is 14.8. The third kappa shape index (κ3) is 3.53. The maximum Gasteiger partial charge on any atom is 0.262 e. The Labute approximate surface area is 181 Å². The molecule has 4 rings (SSSR count). The van der Waals surface area contributed by atoms with Crippen molar-refractivity contribution in [1.82, 2.24) is 0 Å². The molecule has 0 saturated carbocycles. The Bertz CT molecular complexity index is 1050. The predicted molar refractivity (Wildman–Crippen MR) is 120 cm³/mol. The molecule has 1 aliphatic rings. The Morgan fingerprint density at radius 2 is 1.85 bits per heavy atom. The van der Waals surface area contributed by atoms with Crippen molar-refractivity contribution in [1.29, 1.82) is 0 Å². The average molecular weight is 509 g/mol. The molecule has 0 unspecified atom stereocenters. The van der Waals surface area contributed by atoms with Gasteiger partial charge in [-0.15, -0.1) is 0 Å². The van der Waals surface area contributed by atoms with Crippen LogP contribution in [0.5, 0.6) is 0 Å². The van der Waals surface area contributed by atoms with E-state index >= 15 is 0 Å². The minimum atomic E-state index is -0.434. The molecule has 0 aliphatic carbocycles. The quantitative estimate of drug-likeness (QED) is 0.392. The van der Waals surface area contributed by atoms with Gasteiger partial charge in [0.2, 0.25) is 0 Å². The molecule has 27 heavy (non-hydrogen) atoms. The summed E-state index contributed by atoms with van der Waals surface area (Å²) in [6.45, 7) is 2.01. The zero-order valence-electron chi connectivity index (χ0n) is 14.3. The van der Waals surface area contributed by atoms with Gasteiger partial charge >= 0.3 is 0 Å². The SMILES string of the molecule is Cc1cccc(N2C(=O)c3cc(I)ccc3N[C@@H]2c2ccc(Cl)cc2Cl)c1. The van der Waals surface area contributed by atoms with E-state index in [0.717, 1.165) is 26.1 Å². The van der Waals surface area contributed by atoms with E-state index in [9.17, 15) is 4.79 Å². The highest BCUT2D eigenvalue weighted by atomic mass is 127. The smallest absolute Gasteiger partial charge is 0.262 e. The van der Waals surface area contributed by atoms with Crippen LogP contribution in [0, 0.1) is 10.5 Å². The van der Waals surface area contributed by atoms with Gasteiger partial charge in [-0.3, -0.25) is 9.69 Å². The van der Waals surface area contributed by atoms with Crippen LogP contribution in [0.1, 0.15) is 27.7 Å². The number of hydrogen-bond acceptors (Lipinski definition) is 2. The maximum atomic E-state index is 13.5. The van der Waals surface area contributed by atoms with Gasteiger partial charge in [-0.1, -0.05) is 41.4 Å². The number of fused-ring (bicyclic) bond motifs is 1. The Morgan fingerprint density at radius 3 is 2.59 bits per heavy atom. The fourth-order valence-corrected chi connectivity index (χ4v) is 4.27. The molecule has 0 aromatic heterocycles. The van der Waals surface area contributed by atoms with E-state index in [1.807, 2.05) is 55.5 Å². The van der Waals surface area contributed by atoms with Gasteiger partial charge < -0.3 is 5.32 Å². The Balaban J connectivity index is 1.91. The Kier molecular flexibility index (Phi) is 5.05. The zero-order valence-corrected chi connectivity index (χ0v) is 18.0. The third-order valence-corrected chi connectivity index (χ3v) is 5.75. The second kappa shape index (κ2) is 7.34. The lowest BCUT2D eigenvalue weighted by Crippen LogP contribution is -2.43. The number of carbonyl (C=O) groups excluding carboxylic acids is 1. The molecule has 1 aliphatic heterocycles. The number of carbonyl (C=O) groups is 1. The number of amides is 1. The number of hydrogen-bond donors (Lipinski definition) is 1. The van der Waals surface area contributed by atoms with Gasteiger partial charge in [0.15, 0.2) is 0 Å². The summed E-state index contributed by atoms with van der Waals surface area (Å²) in [7, 11) is 0. The van der Waals surface area contributed by atoms with Crippen LogP contribution in [0.25, 0.3) is 0 Å². The molecule has 0 fully saturated rings. The number of halogens is 3.